The van der Waals surface area contributed by atoms with Crippen molar-refractivity contribution < 1.29 is 4.74 Å². The number of hydrogen-bond acceptors (Lipinski definition) is 6. The molecule has 1 aliphatic heterocycles. The highest BCUT2D eigenvalue weighted by Gasteiger charge is 2.21. The highest BCUT2D eigenvalue weighted by molar-refractivity contribution is 5.31. The standard InChI is InChI=1S/C16H20N6O/c1-21-12-19-20-15(21)10-22-6-2-3-14(9-22)11-23-16-7-13(8-17)4-5-18-16/h4-5,7,12,14H,2-3,6,9-11H2,1H3. The van der Waals surface area contributed by atoms with Crippen LogP contribution in [0.15, 0.2) is 24.7 Å². The third kappa shape index (κ3) is 4.05. The second-order valence-corrected chi connectivity index (χ2v) is 5.91. The molecule has 0 spiro atoms. The fraction of sp³-hybridized carbons (Fsp3) is 0.500. The summed E-state index contributed by atoms with van der Waals surface area (Å²) in [6.45, 7) is 3.49. The topological polar surface area (TPSA) is 79.9 Å². The van der Waals surface area contributed by atoms with Gasteiger partial charge in [0.15, 0.2) is 0 Å². The molecular formula is C16H20N6O. The van der Waals surface area contributed by atoms with E-state index in [-0.39, 0.29) is 0 Å². The number of hydrogen-bond donors (Lipinski definition) is 0. The first kappa shape index (κ1) is 15.4. The normalized spacial score (nSPS) is 18.5. The molecule has 0 N–H and O–H groups in total. The van der Waals surface area contributed by atoms with Crippen LogP contribution in [0, 0.1) is 17.2 Å². The molecule has 120 valence electrons. The molecule has 0 bridgehead atoms. The van der Waals surface area contributed by atoms with E-state index < -0.39 is 0 Å². The Morgan fingerprint density at radius 3 is 3.17 bits per heavy atom. The van der Waals surface area contributed by atoms with E-state index >= 15 is 0 Å². The van der Waals surface area contributed by atoms with Crippen LogP contribution in [-0.4, -0.2) is 44.3 Å². The molecule has 2 aromatic heterocycles. The third-order valence-corrected chi connectivity index (χ3v) is 4.10. The van der Waals surface area contributed by atoms with Crippen LogP contribution in [0.3, 0.4) is 0 Å². The molecule has 3 rings (SSSR count). The number of pyridine rings is 1. The summed E-state index contributed by atoms with van der Waals surface area (Å²) in [7, 11) is 1.97. The molecular weight excluding hydrogens is 292 g/mol. The minimum atomic E-state index is 0.463. The number of aromatic nitrogens is 4. The summed E-state index contributed by atoms with van der Waals surface area (Å²) in [5, 5.41) is 17.0. The van der Waals surface area contributed by atoms with Gasteiger partial charge in [0.1, 0.15) is 12.2 Å². The molecule has 1 atom stereocenters. The minimum Gasteiger partial charge on any atom is -0.477 e. The van der Waals surface area contributed by atoms with Gasteiger partial charge in [0.25, 0.3) is 0 Å². The summed E-state index contributed by atoms with van der Waals surface area (Å²) in [6, 6.07) is 5.46. The van der Waals surface area contributed by atoms with Crippen molar-refractivity contribution >= 4 is 0 Å². The molecule has 1 aliphatic rings. The van der Waals surface area contributed by atoms with E-state index in [0.29, 0.717) is 24.0 Å². The number of piperidine rings is 1. The van der Waals surface area contributed by atoms with E-state index in [2.05, 4.69) is 26.2 Å². The van der Waals surface area contributed by atoms with Crippen LogP contribution in [0.1, 0.15) is 24.2 Å². The van der Waals surface area contributed by atoms with Crippen molar-refractivity contribution in [1.29, 1.82) is 5.26 Å². The van der Waals surface area contributed by atoms with Crippen LogP contribution in [0.2, 0.25) is 0 Å². The van der Waals surface area contributed by atoms with E-state index in [0.717, 1.165) is 38.3 Å². The molecule has 3 heterocycles. The fourth-order valence-corrected chi connectivity index (χ4v) is 2.84. The number of aryl methyl sites for hydroxylation is 1. The molecule has 7 heteroatoms. The van der Waals surface area contributed by atoms with Crippen LogP contribution in [0.5, 0.6) is 5.88 Å². The van der Waals surface area contributed by atoms with Gasteiger partial charge in [-0.05, 0) is 25.5 Å². The van der Waals surface area contributed by atoms with Crippen LogP contribution < -0.4 is 4.74 Å². The molecule has 0 amide bonds. The second-order valence-electron chi connectivity index (χ2n) is 5.91. The molecule has 23 heavy (non-hydrogen) atoms. The molecule has 1 unspecified atom stereocenters. The van der Waals surface area contributed by atoms with Gasteiger partial charge in [-0.25, -0.2) is 4.98 Å². The third-order valence-electron chi connectivity index (χ3n) is 4.10. The van der Waals surface area contributed by atoms with E-state index in [1.165, 1.54) is 0 Å². The van der Waals surface area contributed by atoms with Gasteiger partial charge in [0.05, 0.1) is 24.8 Å². The SMILES string of the molecule is Cn1cnnc1CN1CCCC(COc2cc(C#N)ccn2)C1. The average molecular weight is 312 g/mol. The first-order valence-electron chi connectivity index (χ1n) is 7.79. The summed E-state index contributed by atoms with van der Waals surface area (Å²) < 4.78 is 7.73. The second kappa shape index (κ2) is 7.20. The van der Waals surface area contributed by atoms with Gasteiger partial charge in [0.2, 0.25) is 5.88 Å². The van der Waals surface area contributed by atoms with Gasteiger partial charge in [-0.3, -0.25) is 4.90 Å². The van der Waals surface area contributed by atoms with Gasteiger partial charge in [0, 0.05) is 31.8 Å². The summed E-state index contributed by atoms with van der Waals surface area (Å²) in [5.41, 5.74) is 0.572. The van der Waals surface area contributed by atoms with Crippen molar-refractivity contribution in [2.24, 2.45) is 13.0 Å². The molecule has 0 aliphatic carbocycles. The van der Waals surface area contributed by atoms with Gasteiger partial charge in [-0.15, -0.1) is 10.2 Å². The molecule has 0 saturated carbocycles. The molecule has 1 saturated heterocycles. The van der Waals surface area contributed by atoms with Gasteiger partial charge in [-0.2, -0.15) is 5.26 Å². The Labute approximate surface area is 135 Å². The van der Waals surface area contributed by atoms with E-state index in [1.807, 2.05) is 11.6 Å². The average Bonchev–Trinajstić information content (AvgIpc) is 2.98. The lowest BCUT2D eigenvalue weighted by molar-refractivity contribution is 0.120. The Kier molecular flexibility index (Phi) is 4.83. The Hall–Kier alpha value is -2.46. The van der Waals surface area contributed by atoms with E-state index in [9.17, 15) is 0 Å². The monoisotopic (exact) mass is 312 g/mol. The maximum Gasteiger partial charge on any atom is 0.214 e. The number of rotatable bonds is 5. The summed E-state index contributed by atoms with van der Waals surface area (Å²) in [6.07, 6.45) is 5.63. The first-order valence-corrected chi connectivity index (χ1v) is 7.79. The highest BCUT2D eigenvalue weighted by atomic mass is 16.5. The molecule has 0 radical (unpaired) electrons. The van der Waals surface area contributed by atoms with Crippen molar-refractivity contribution in [2.45, 2.75) is 19.4 Å². The zero-order valence-corrected chi connectivity index (χ0v) is 13.2. The van der Waals surface area contributed by atoms with Crippen molar-refractivity contribution in [3.8, 4) is 11.9 Å². The van der Waals surface area contributed by atoms with Crippen LogP contribution in [0.4, 0.5) is 0 Å². The van der Waals surface area contributed by atoms with Crippen molar-refractivity contribution in [3.63, 3.8) is 0 Å². The number of likely N-dealkylation sites (tertiary alicyclic amines) is 1. The predicted octanol–water partition coefficient (Wildman–Crippen LogP) is 1.37. The smallest absolute Gasteiger partial charge is 0.214 e. The zero-order chi connectivity index (χ0) is 16.1. The molecule has 7 nitrogen and oxygen atoms in total. The van der Waals surface area contributed by atoms with Crippen LogP contribution >= 0.6 is 0 Å². The Morgan fingerprint density at radius 1 is 1.48 bits per heavy atom. The van der Waals surface area contributed by atoms with E-state index in [4.69, 9.17) is 10.00 Å². The number of nitriles is 1. The van der Waals surface area contributed by atoms with Crippen molar-refractivity contribution in [1.82, 2.24) is 24.6 Å². The van der Waals surface area contributed by atoms with Gasteiger partial charge < -0.3 is 9.30 Å². The van der Waals surface area contributed by atoms with Crippen molar-refractivity contribution in [3.05, 3.63) is 36.0 Å². The predicted molar refractivity (Wildman–Crippen MR) is 83.5 cm³/mol. The minimum absolute atomic E-state index is 0.463. The highest BCUT2D eigenvalue weighted by Crippen LogP contribution is 2.19. The summed E-state index contributed by atoms with van der Waals surface area (Å²) in [5.74, 6) is 1.97. The Balaban J connectivity index is 1.52. The molecule has 2 aromatic rings. The number of ether oxygens (including phenoxy) is 1. The fourth-order valence-electron chi connectivity index (χ4n) is 2.84. The Morgan fingerprint density at radius 2 is 2.39 bits per heavy atom. The Bertz CT molecular complexity index is 692. The lowest BCUT2D eigenvalue weighted by atomic mass is 9.99. The van der Waals surface area contributed by atoms with Crippen LogP contribution in [0.25, 0.3) is 0 Å². The molecule has 0 aromatic carbocycles. The number of nitrogens with zero attached hydrogens (tertiary/aromatic N) is 6. The van der Waals surface area contributed by atoms with E-state index in [1.54, 1.807) is 24.7 Å². The van der Waals surface area contributed by atoms with Crippen molar-refractivity contribution in [2.75, 3.05) is 19.7 Å². The van der Waals surface area contributed by atoms with Gasteiger partial charge in [-0.1, -0.05) is 0 Å². The first-order chi connectivity index (χ1) is 11.2. The quantitative estimate of drug-likeness (QED) is 0.829. The zero-order valence-electron chi connectivity index (χ0n) is 13.2. The summed E-state index contributed by atoms with van der Waals surface area (Å²) in [4.78, 5) is 6.54. The van der Waals surface area contributed by atoms with Gasteiger partial charge >= 0.3 is 0 Å². The maximum absolute atomic E-state index is 8.91. The molecule has 1 fully saturated rings. The lowest BCUT2D eigenvalue weighted by Gasteiger charge is -2.32. The maximum atomic E-state index is 8.91. The largest absolute Gasteiger partial charge is 0.477 e. The summed E-state index contributed by atoms with van der Waals surface area (Å²) >= 11 is 0. The van der Waals surface area contributed by atoms with Crippen LogP contribution in [-0.2, 0) is 13.6 Å². The lowest BCUT2D eigenvalue weighted by Crippen LogP contribution is -2.37.